The highest BCUT2D eigenvalue weighted by Gasteiger charge is 2.44. The number of aromatic nitrogens is 1. The molecule has 1 aliphatic carbocycles. The van der Waals surface area contributed by atoms with Gasteiger partial charge in [-0.15, -0.1) is 0 Å². The predicted molar refractivity (Wildman–Crippen MR) is 157 cm³/mol. The lowest BCUT2D eigenvalue weighted by Crippen LogP contribution is -2.46. The molecule has 2 heterocycles. The highest BCUT2D eigenvalue weighted by Crippen LogP contribution is 2.41. The van der Waals surface area contributed by atoms with Crippen molar-refractivity contribution in [1.29, 1.82) is 0 Å². The second-order valence-electron chi connectivity index (χ2n) is 10.7. The third-order valence-electron chi connectivity index (χ3n) is 6.95. The largest absolute Gasteiger partial charge is 0.484 e. The quantitative estimate of drug-likeness (QED) is 0.184. The molecule has 2 aliphatic rings. The number of nitrogens with one attached hydrogen (secondary N) is 1. The summed E-state index contributed by atoms with van der Waals surface area (Å²) in [7, 11) is 0. The minimum atomic E-state index is -1.37. The molecular formula is C32H47F2N3O3. The summed E-state index contributed by atoms with van der Waals surface area (Å²) in [5.41, 5.74) is 0.198. The van der Waals surface area contributed by atoms with Gasteiger partial charge in [0.2, 0.25) is 5.91 Å². The van der Waals surface area contributed by atoms with Gasteiger partial charge in [0.15, 0.2) is 5.75 Å². The lowest BCUT2D eigenvalue weighted by Gasteiger charge is -2.32. The Morgan fingerprint density at radius 1 is 1.23 bits per heavy atom. The van der Waals surface area contributed by atoms with E-state index in [1.54, 1.807) is 30.2 Å². The number of hydrogen-bond donors (Lipinski definition) is 1. The van der Waals surface area contributed by atoms with Gasteiger partial charge in [-0.3, -0.25) is 4.79 Å². The van der Waals surface area contributed by atoms with E-state index in [9.17, 15) is 13.6 Å². The van der Waals surface area contributed by atoms with Gasteiger partial charge in [-0.1, -0.05) is 60.0 Å². The fourth-order valence-electron chi connectivity index (χ4n) is 4.37. The number of halogens is 2. The Morgan fingerprint density at radius 2 is 1.93 bits per heavy atom. The lowest BCUT2D eigenvalue weighted by atomic mass is 9.89. The maximum absolute atomic E-state index is 14.1. The molecule has 0 radical (unpaired) electrons. The molecule has 6 nitrogen and oxygen atoms in total. The van der Waals surface area contributed by atoms with Crippen molar-refractivity contribution in [3.05, 3.63) is 65.7 Å². The fraction of sp³-hybridized carbons (Fsp3) is 0.562. The highest BCUT2D eigenvalue weighted by atomic mass is 19.1. The van der Waals surface area contributed by atoms with E-state index in [0.29, 0.717) is 35.6 Å². The average Bonchev–Trinajstić information content (AvgIpc) is 3.66. The summed E-state index contributed by atoms with van der Waals surface area (Å²) < 4.78 is 39.4. The van der Waals surface area contributed by atoms with Crippen LogP contribution in [0.3, 0.4) is 0 Å². The highest BCUT2D eigenvalue weighted by molar-refractivity contribution is 5.93. The number of amides is 1. The van der Waals surface area contributed by atoms with E-state index >= 15 is 0 Å². The first-order valence-corrected chi connectivity index (χ1v) is 14.5. The maximum atomic E-state index is 14.1. The molecule has 1 aromatic rings. The second-order valence-corrected chi connectivity index (χ2v) is 10.7. The smallest absolute Gasteiger partial charge is 0.262 e. The first-order valence-electron chi connectivity index (χ1n) is 14.5. The standard InChI is InChI=1S/C30H41F2N3O3.C2H6/c1-7-9-10-14-29(6,13-8-2)34-27(36)21(3)19-35-22(4)11-12-25(23(35)5)38-28-26(17-24(31)18-33-28)37-20-30(32)15-16-30;1-2/h11-12,17-19H,4,7-10,13-16,20H2,1-3,5-6H3,(H,34,36);1-2H3/b21-19+;. The molecule has 1 fully saturated rings. The molecule has 1 atom stereocenters. The predicted octanol–water partition coefficient (Wildman–Crippen LogP) is 8.28. The number of ether oxygens (including phenoxy) is 2. The van der Waals surface area contributed by atoms with Crippen LogP contribution in [0.25, 0.3) is 0 Å². The number of carbonyl (C=O) groups is 1. The molecular weight excluding hydrogens is 512 g/mol. The van der Waals surface area contributed by atoms with E-state index in [2.05, 4.69) is 37.7 Å². The molecule has 1 aliphatic heterocycles. The molecule has 0 spiro atoms. The monoisotopic (exact) mass is 559 g/mol. The van der Waals surface area contributed by atoms with Crippen molar-refractivity contribution in [1.82, 2.24) is 15.2 Å². The molecule has 1 N–H and O–H groups in total. The molecule has 1 aromatic heterocycles. The molecule has 8 heteroatoms. The summed E-state index contributed by atoms with van der Waals surface area (Å²) in [4.78, 5) is 18.9. The number of alkyl halides is 1. The van der Waals surface area contributed by atoms with E-state index in [0.717, 1.165) is 50.8 Å². The molecule has 3 rings (SSSR count). The molecule has 0 aromatic carbocycles. The van der Waals surface area contributed by atoms with Crippen molar-refractivity contribution < 1.29 is 23.0 Å². The van der Waals surface area contributed by atoms with Gasteiger partial charge >= 0.3 is 0 Å². The first-order chi connectivity index (χ1) is 19.0. The third kappa shape index (κ3) is 9.49. The molecule has 1 amide bonds. The topological polar surface area (TPSA) is 63.7 Å². The Labute approximate surface area is 239 Å². The lowest BCUT2D eigenvalue weighted by molar-refractivity contribution is -0.119. The zero-order valence-corrected chi connectivity index (χ0v) is 25.3. The molecule has 40 heavy (non-hydrogen) atoms. The van der Waals surface area contributed by atoms with E-state index < -0.39 is 11.5 Å². The number of carbonyl (C=O) groups excluding carboxylic acids is 1. The van der Waals surface area contributed by atoms with Crippen LogP contribution in [-0.4, -0.2) is 33.6 Å². The van der Waals surface area contributed by atoms with Crippen LogP contribution < -0.4 is 14.8 Å². The van der Waals surface area contributed by atoms with Crippen molar-refractivity contribution in [3.63, 3.8) is 0 Å². The van der Waals surface area contributed by atoms with Gasteiger partial charge in [0, 0.05) is 29.1 Å². The first kappa shape index (κ1) is 33.0. The number of unbranched alkanes of at least 4 members (excludes halogenated alkanes) is 2. The minimum absolute atomic E-state index is 0.0305. The van der Waals surface area contributed by atoms with Crippen LogP contribution in [0, 0.1) is 5.82 Å². The van der Waals surface area contributed by atoms with E-state index in [-0.39, 0.29) is 29.7 Å². The van der Waals surface area contributed by atoms with Crippen molar-refractivity contribution in [2.24, 2.45) is 0 Å². The second kappa shape index (κ2) is 15.0. The Kier molecular flexibility index (Phi) is 12.4. The molecule has 0 bridgehead atoms. The Morgan fingerprint density at radius 3 is 2.55 bits per heavy atom. The van der Waals surface area contributed by atoms with Gasteiger partial charge in [0.05, 0.1) is 11.9 Å². The molecule has 222 valence electrons. The van der Waals surface area contributed by atoms with Gasteiger partial charge in [-0.2, -0.15) is 0 Å². The maximum Gasteiger partial charge on any atom is 0.262 e. The van der Waals surface area contributed by atoms with Gasteiger partial charge in [0.1, 0.15) is 23.9 Å². The number of pyridine rings is 1. The van der Waals surface area contributed by atoms with Crippen LogP contribution in [0.5, 0.6) is 11.6 Å². The van der Waals surface area contributed by atoms with E-state index in [4.69, 9.17) is 9.47 Å². The van der Waals surface area contributed by atoms with Gasteiger partial charge < -0.3 is 19.7 Å². The van der Waals surface area contributed by atoms with Crippen LogP contribution >= 0.6 is 0 Å². The van der Waals surface area contributed by atoms with Crippen LogP contribution in [0.1, 0.15) is 99.8 Å². The van der Waals surface area contributed by atoms with Crippen LogP contribution in [0.15, 0.2) is 59.9 Å². The van der Waals surface area contributed by atoms with Gasteiger partial charge in [-0.25, -0.2) is 13.8 Å². The Bertz CT molecular complexity index is 1120. The van der Waals surface area contributed by atoms with Crippen molar-refractivity contribution >= 4 is 5.91 Å². The Hall–Kier alpha value is -3.16. The number of hydrogen-bond acceptors (Lipinski definition) is 5. The zero-order chi connectivity index (χ0) is 29.9. The summed E-state index contributed by atoms with van der Waals surface area (Å²) in [5.74, 6) is -0.259. The van der Waals surface area contributed by atoms with Gasteiger partial charge in [0.25, 0.3) is 5.88 Å². The SMILES string of the molecule is C=C1C=CC(Oc2ncc(F)cc2OCC2(F)CC2)=C(C)N1/C=C(\C)C(=O)NC(C)(CCC)CCCCC.CC. The Balaban J connectivity index is 0.00000274. The minimum Gasteiger partial charge on any atom is -0.484 e. The average molecular weight is 560 g/mol. The van der Waals surface area contributed by atoms with Crippen molar-refractivity contribution in [3.8, 4) is 11.6 Å². The summed E-state index contributed by atoms with van der Waals surface area (Å²) in [6, 6.07) is 1.13. The summed E-state index contributed by atoms with van der Waals surface area (Å²) >= 11 is 0. The van der Waals surface area contributed by atoms with E-state index in [1.807, 2.05) is 20.8 Å². The molecule has 0 saturated heterocycles. The third-order valence-corrected chi connectivity index (χ3v) is 6.95. The number of allylic oxidation sites excluding steroid dienone is 3. The van der Waals surface area contributed by atoms with Crippen molar-refractivity contribution in [2.75, 3.05) is 6.61 Å². The summed E-state index contributed by atoms with van der Waals surface area (Å²) in [5, 5.41) is 3.25. The fourth-order valence-corrected chi connectivity index (χ4v) is 4.37. The van der Waals surface area contributed by atoms with Crippen LogP contribution in [0.4, 0.5) is 8.78 Å². The van der Waals surface area contributed by atoms with Crippen LogP contribution in [0.2, 0.25) is 0 Å². The normalized spacial score (nSPS) is 17.6. The van der Waals surface area contributed by atoms with E-state index in [1.165, 1.54) is 0 Å². The molecule has 1 saturated carbocycles. The van der Waals surface area contributed by atoms with Gasteiger partial charge in [-0.05, 0) is 58.6 Å². The number of rotatable bonds is 14. The van der Waals surface area contributed by atoms with Crippen LogP contribution in [-0.2, 0) is 4.79 Å². The summed E-state index contributed by atoms with van der Waals surface area (Å²) in [6.07, 6.45) is 13.2. The zero-order valence-electron chi connectivity index (χ0n) is 25.3. The number of nitrogens with zero attached hydrogens (tertiary/aromatic N) is 2. The summed E-state index contributed by atoms with van der Waals surface area (Å²) in [6.45, 7) is 17.9. The molecule has 1 unspecified atom stereocenters. The van der Waals surface area contributed by atoms with Crippen molar-refractivity contribution in [2.45, 2.75) is 111 Å².